The fourth-order valence-corrected chi connectivity index (χ4v) is 3.78. The van der Waals surface area contributed by atoms with Crippen molar-refractivity contribution in [2.75, 3.05) is 11.9 Å². The monoisotopic (exact) mass is 346 g/mol. The van der Waals surface area contributed by atoms with Crippen LogP contribution in [0.5, 0.6) is 0 Å². The molecule has 2 aliphatic carbocycles. The molecule has 6 nitrogen and oxygen atoms in total. The summed E-state index contributed by atoms with van der Waals surface area (Å²) in [7, 11) is 0. The zero-order valence-electron chi connectivity index (χ0n) is 15.3. The smallest absolute Gasteiger partial charge is 0.252 e. The molecule has 1 amide bonds. The van der Waals surface area contributed by atoms with E-state index in [1.54, 1.807) is 6.20 Å². The lowest BCUT2D eigenvalue weighted by Crippen LogP contribution is -2.30. The van der Waals surface area contributed by atoms with E-state index in [1.807, 2.05) is 6.92 Å². The first-order chi connectivity index (χ1) is 12.1. The van der Waals surface area contributed by atoms with E-state index in [1.165, 1.54) is 12.8 Å². The van der Waals surface area contributed by atoms with Gasteiger partial charge in [0.2, 0.25) is 5.95 Å². The number of nitrogens with one attached hydrogen (secondary N) is 1. The van der Waals surface area contributed by atoms with E-state index >= 15 is 0 Å². The van der Waals surface area contributed by atoms with Crippen LogP contribution < -0.4 is 11.1 Å². The van der Waals surface area contributed by atoms with Gasteiger partial charge < -0.3 is 15.8 Å². The number of carbonyl (C=O) groups excluding carboxylic acids is 1. The van der Waals surface area contributed by atoms with Gasteiger partial charge in [0.25, 0.3) is 5.91 Å². The van der Waals surface area contributed by atoms with Gasteiger partial charge in [0.15, 0.2) is 0 Å². The number of anilines is 1. The third-order valence-corrected chi connectivity index (χ3v) is 5.49. The summed E-state index contributed by atoms with van der Waals surface area (Å²) in [6, 6.07) is 0.366. The van der Waals surface area contributed by atoms with Crippen molar-refractivity contribution in [3.05, 3.63) is 17.5 Å². The molecule has 25 heavy (non-hydrogen) atoms. The Hall–Kier alpha value is -1.69. The summed E-state index contributed by atoms with van der Waals surface area (Å²) in [6.07, 6.45) is 9.57. The third kappa shape index (κ3) is 4.91. The maximum Gasteiger partial charge on any atom is 0.252 e. The van der Waals surface area contributed by atoms with Crippen LogP contribution in [0.4, 0.5) is 5.95 Å². The molecule has 3 N–H and O–H groups in total. The van der Waals surface area contributed by atoms with Crippen molar-refractivity contribution in [3.8, 4) is 0 Å². The number of ether oxygens (including phenoxy) is 1. The van der Waals surface area contributed by atoms with Crippen LogP contribution in [0.3, 0.4) is 0 Å². The van der Waals surface area contributed by atoms with E-state index in [2.05, 4.69) is 22.2 Å². The molecule has 2 fully saturated rings. The third-order valence-electron chi connectivity index (χ3n) is 5.49. The van der Waals surface area contributed by atoms with Crippen molar-refractivity contribution >= 4 is 11.9 Å². The molecule has 2 saturated carbocycles. The summed E-state index contributed by atoms with van der Waals surface area (Å²) in [5.74, 6) is 1.47. The van der Waals surface area contributed by atoms with E-state index in [0.29, 0.717) is 29.6 Å². The maximum absolute atomic E-state index is 11.7. The van der Waals surface area contributed by atoms with E-state index in [-0.39, 0.29) is 0 Å². The Bertz CT molecular complexity index is 595. The SMILES string of the molecule is CCOC1CCC(Nc2ncc(C(N)=O)c(C[C@H](C)C3CC3)n2)CC1. The minimum absolute atomic E-state index is 0.366. The van der Waals surface area contributed by atoms with Crippen molar-refractivity contribution < 1.29 is 9.53 Å². The molecular weight excluding hydrogens is 316 g/mol. The van der Waals surface area contributed by atoms with E-state index in [0.717, 1.165) is 50.3 Å². The van der Waals surface area contributed by atoms with Crippen LogP contribution in [0.1, 0.15) is 68.4 Å². The maximum atomic E-state index is 11.7. The Labute approximate surface area is 149 Å². The number of primary amides is 1. The molecule has 0 bridgehead atoms. The minimum Gasteiger partial charge on any atom is -0.379 e. The molecule has 2 aliphatic rings. The van der Waals surface area contributed by atoms with Gasteiger partial charge in [-0.25, -0.2) is 9.97 Å². The molecule has 0 unspecified atom stereocenters. The number of hydrogen-bond donors (Lipinski definition) is 2. The Morgan fingerprint density at radius 2 is 2.04 bits per heavy atom. The second-order valence-electron chi connectivity index (χ2n) is 7.51. The molecule has 1 aromatic rings. The van der Waals surface area contributed by atoms with E-state index < -0.39 is 5.91 Å². The fraction of sp³-hybridized carbons (Fsp3) is 0.737. The van der Waals surface area contributed by atoms with E-state index in [9.17, 15) is 4.79 Å². The Kier molecular flexibility index (Phi) is 5.89. The van der Waals surface area contributed by atoms with Gasteiger partial charge in [0, 0.05) is 18.8 Å². The van der Waals surface area contributed by atoms with Gasteiger partial charge in [-0.1, -0.05) is 6.92 Å². The predicted octanol–water partition coefficient (Wildman–Crippen LogP) is 2.92. The number of rotatable bonds is 8. The highest BCUT2D eigenvalue weighted by Gasteiger charge is 2.29. The van der Waals surface area contributed by atoms with Crippen molar-refractivity contribution in [3.63, 3.8) is 0 Å². The van der Waals surface area contributed by atoms with Gasteiger partial charge in [-0.2, -0.15) is 0 Å². The van der Waals surface area contributed by atoms with Crippen molar-refractivity contribution in [1.82, 2.24) is 9.97 Å². The molecule has 0 spiro atoms. The number of carbonyl (C=O) groups is 1. The quantitative estimate of drug-likeness (QED) is 0.755. The molecule has 1 aromatic heterocycles. The van der Waals surface area contributed by atoms with Crippen molar-refractivity contribution in [2.45, 2.75) is 70.9 Å². The molecule has 0 radical (unpaired) electrons. The highest BCUT2D eigenvalue weighted by molar-refractivity contribution is 5.93. The number of nitrogens with zero attached hydrogens (tertiary/aromatic N) is 2. The van der Waals surface area contributed by atoms with Crippen LogP contribution in [0.25, 0.3) is 0 Å². The Balaban J connectivity index is 1.64. The Morgan fingerprint density at radius 1 is 1.32 bits per heavy atom. The summed E-state index contributed by atoms with van der Waals surface area (Å²) in [6.45, 7) is 5.05. The molecule has 0 saturated heterocycles. The van der Waals surface area contributed by atoms with Gasteiger partial charge in [0.05, 0.1) is 17.4 Å². The molecule has 3 rings (SSSR count). The normalized spacial score (nSPS) is 24.7. The molecule has 138 valence electrons. The summed E-state index contributed by atoms with van der Waals surface area (Å²) >= 11 is 0. The van der Waals surface area contributed by atoms with Crippen LogP contribution in [0, 0.1) is 11.8 Å². The minimum atomic E-state index is -0.443. The zero-order chi connectivity index (χ0) is 17.8. The van der Waals surface area contributed by atoms with Gasteiger partial charge in [-0.05, 0) is 63.7 Å². The standard InChI is InChI=1S/C19H30N4O2/c1-3-25-15-8-6-14(7-9-15)22-19-21-11-16(18(20)24)17(23-19)10-12(2)13-4-5-13/h11-15H,3-10H2,1-2H3,(H2,20,24)(H,21,22,23)/t12-,14?,15?/m0/s1. The van der Waals surface area contributed by atoms with Crippen molar-refractivity contribution in [2.24, 2.45) is 17.6 Å². The highest BCUT2D eigenvalue weighted by Crippen LogP contribution is 2.38. The fourth-order valence-electron chi connectivity index (χ4n) is 3.78. The number of amides is 1. The molecular formula is C19H30N4O2. The Morgan fingerprint density at radius 3 is 2.64 bits per heavy atom. The number of hydrogen-bond acceptors (Lipinski definition) is 5. The second kappa shape index (κ2) is 8.13. The molecule has 6 heteroatoms. The largest absolute Gasteiger partial charge is 0.379 e. The highest BCUT2D eigenvalue weighted by atomic mass is 16.5. The van der Waals surface area contributed by atoms with Crippen LogP contribution in [0.15, 0.2) is 6.20 Å². The summed E-state index contributed by atoms with van der Waals surface area (Å²) in [4.78, 5) is 20.7. The van der Waals surface area contributed by atoms with Gasteiger partial charge >= 0.3 is 0 Å². The van der Waals surface area contributed by atoms with Crippen LogP contribution in [-0.2, 0) is 11.2 Å². The van der Waals surface area contributed by atoms with Gasteiger partial charge in [-0.15, -0.1) is 0 Å². The lowest BCUT2D eigenvalue weighted by molar-refractivity contribution is 0.0346. The number of nitrogens with two attached hydrogens (primary N) is 1. The molecule has 1 heterocycles. The van der Waals surface area contributed by atoms with Crippen LogP contribution in [0.2, 0.25) is 0 Å². The molecule has 0 aromatic carbocycles. The first kappa shape index (κ1) is 18.1. The lowest BCUT2D eigenvalue weighted by atomic mass is 9.93. The number of aromatic nitrogens is 2. The summed E-state index contributed by atoms with van der Waals surface area (Å²) in [5, 5.41) is 3.44. The first-order valence-corrected chi connectivity index (χ1v) is 9.60. The molecule has 1 atom stereocenters. The summed E-state index contributed by atoms with van der Waals surface area (Å²) < 4.78 is 5.70. The average molecular weight is 346 g/mol. The molecule has 0 aliphatic heterocycles. The van der Waals surface area contributed by atoms with Crippen LogP contribution in [-0.4, -0.2) is 34.6 Å². The van der Waals surface area contributed by atoms with Gasteiger partial charge in [0.1, 0.15) is 0 Å². The average Bonchev–Trinajstić information content (AvgIpc) is 3.42. The van der Waals surface area contributed by atoms with E-state index in [4.69, 9.17) is 10.5 Å². The summed E-state index contributed by atoms with van der Waals surface area (Å²) in [5.41, 5.74) is 6.75. The topological polar surface area (TPSA) is 90.1 Å². The van der Waals surface area contributed by atoms with Crippen LogP contribution >= 0.6 is 0 Å². The predicted molar refractivity (Wildman–Crippen MR) is 97.4 cm³/mol. The van der Waals surface area contributed by atoms with Crippen molar-refractivity contribution in [1.29, 1.82) is 0 Å². The first-order valence-electron chi connectivity index (χ1n) is 9.60. The lowest BCUT2D eigenvalue weighted by Gasteiger charge is -2.29. The second-order valence-corrected chi connectivity index (χ2v) is 7.51. The van der Waals surface area contributed by atoms with Gasteiger partial charge in [-0.3, -0.25) is 4.79 Å². The zero-order valence-corrected chi connectivity index (χ0v) is 15.3.